The first-order chi connectivity index (χ1) is 7.47. The van der Waals surface area contributed by atoms with E-state index in [1.807, 2.05) is 0 Å². The summed E-state index contributed by atoms with van der Waals surface area (Å²) in [5.74, 6) is -1.03. The molecule has 0 fully saturated rings. The van der Waals surface area contributed by atoms with Crippen molar-refractivity contribution in [3.63, 3.8) is 0 Å². The zero-order chi connectivity index (χ0) is 12.3. The number of halogens is 2. The highest BCUT2D eigenvalue weighted by atomic mass is 19.3. The van der Waals surface area contributed by atoms with E-state index in [1.165, 1.54) is 13.8 Å². The highest BCUT2D eigenvalue weighted by molar-refractivity contribution is 5.90. The first-order valence-electron chi connectivity index (χ1n) is 4.66. The number of pyridine rings is 1. The minimum Gasteiger partial charge on any atom is -0.462 e. The number of hydrogen-bond acceptors (Lipinski definition) is 3. The Bertz CT molecular complexity index is 454. The lowest BCUT2D eigenvalue weighted by atomic mass is 10.1. The van der Waals surface area contributed by atoms with E-state index < -0.39 is 29.1 Å². The zero-order valence-electron chi connectivity index (χ0n) is 8.84. The van der Waals surface area contributed by atoms with Crippen LogP contribution in [0, 0.1) is 6.92 Å². The number of carbonyl (C=O) groups is 1. The Morgan fingerprint density at radius 3 is 2.69 bits per heavy atom. The summed E-state index contributed by atoms with van der Waals surface area (Å²) >= 11 is 0. The molecule has 0 aliphatic rings. The van der Waals surface area contributed by atoms with Crippen LogP contribution in [0.2, 0.25) is 0 Å². The lowest BCUT2D eigenvalue weighted by Crippen LogP contribution is -2.23. The normalized spacial score (nSPS) is 10.6. The van der Waals surface area contributed by atoms with Gasteiger partial charge < -0.3 is 9.72 Å². The average molecular weight is 231 g/mol. The quantitative estimate of drug-likeness (QED) is 0.807. The molecule has 0 atom stereocenters. The smallest absolute Gasteiger partial charge is 0.344 e. The fraction of sp³-hybridized carbons (Fsp3) is 0.400. The SMILES string of the molecule is CCOC(=O)c1c(C(F)F)cc(C)[nH]c1=O. The second-order valence-corrected chi connectivity index (χ2v) is 3.13. The minimum absolute atomic E-state index is 0.0226. The van der Waals surface area contributed by atoms with Crippen molar-refractivity contribution < 1.29 is 18.3 Å². The third-order valence-electron chi connectivity index (χ3n) is 1.91. The number of esters is 1. The van der Waals surface area contributed by atoms with Crippen LogP contribution in [-0.2, 0) is 4.74 Å². The Morgan fingerprint density at radius 2 is 2.19 bits per heavy atom. The summed E-state index contributed by atoms with van der Waals surface area (Å²) in [4.78, 5) is 25.0. The topological polar surface area (TPSA) is 59.2 Å². The Kier molecular flexibility index (Phi) is 3.76. The monoisotopic (exact) mass is 231 g/mol. The molecule has 0 saturated heterocycles. The molecule has 0 amide bonds. The van der Waals surface area contributed by atoms with E-state index >= 15 is 0 Å². The third kappa shape index (κ3) is 2.44. The van der Waals surface area contributed by atoms with Crippen molar-refractivity contribution in [3.8, 4) is 0 Å². The van der Waals surface area contributed by atoms with Crippen LogP contribution in [0.15, 0.2) is 10.9 Å². The predicted octanol–water partition coefficient (Wildman–Crippen LogP) is 1.80. The van der Waals surface area contributed by atoms with Crippen molar-refractivity contribution in [2.45, 2.75) is 20.3 Å². The molecule has 0 radical (unpaired) electrons. The molecule has 1 N–H and O–H groups in total. The van der Waals surface area contributed by atoms with Crippen molar-refractivity contribution in [2.24, 2.45) is 0 Å². The van der Waals surface area contributed by atoms with E-state index in [2.05, 4.69) is 9.72 Å². The molecule has 0 aliphatic carbocycles. The number of ether oxygens (including phenoxy) is 1. The van der Waals surface area contributed by atoms with Crippen molar-refractivity contribution >= 4 is 5.97 Å². The average Bonchev–Trinajstić information content (AvgIpc) is 2.16. The molecule has 4 nitrogen and oxygen atoms in total. The lowest BCUT2D eigenvalue weighted by Gasteiger charge is -2.07. The molecule has 16 heavy (non-hydrogen) atoms. The van der Waals surface area contributed by atoms with Crippen molar-refractivity contribution in [2.75, 3.05) is 6.61 Å². The highest BCUT2D eigenvalue weighted by Crippen LogP contribution is 2.21. The molecule has 0 saturated carbocycles. The summed E-state index contributed by atoms with van der Waals surface area (Å²) in [6.45, 7) is 3.01. The van der Waals surface area contributed by atoms with E-state index in [-0.39, 0.29) is 12.3 Å². The summed E-state index contributed by atoms with van der Waals surface area (Å²) in [6.07, 6.45) is -2.89. The molecule has 1 heterocycles. The predicted molar refractivity (Wildman–Crippen MR) is 52.7 cm³/mol. The van der Waals surface area contributed by atoms with Crippen LogP contribution < -0.4 is 5.56 Å². The molecule has 1 rings (SSSR count). The van der Waals surface area contributed by atoms with Gasteiger partial charge in [0.2, 0.25) is 0 Å². The van der Waals surface area contributed by atoms with Gasteiger partial charge in [0, 0.05) is 11.3 Å². The number of nitrogens with one attached hydrogen (secondary N) is 1. The number of aryl methyl sites for hydroxylation is 1. The molecule has 1 aromatic heterocycles. The number of alkyl halides is 2. The van der Waals surface area contributed by atoms with E-state index in [4.69, 9.17) is 0 Å². The van der Waals surface area contributed by atoms with E-state index in [1.54, 1.807) is 0 Å². The minimum atomic E-state index is -2.89. The summed E-state index contributed by atoms with van der Waals surface area (Å²) in [5.41, 5.74) is -1.80. The molecule has 1 aromatic rings. The van der Waals surface area contributed by atoms with Crippen LogP contribution in [0.4, 0.5) is 8.78 Å². The lowest BCUT2D eigenvalue weighted by molar-refractivity contribution is 0.0513. The number of aromatic amines is 1. The van der Waals surface area contributed by atoms with Crippen molar-refractivity contribution in [3.05, 3.63) is 33.2 Å². The van der Waals surface area contributed by atoms with E-state index in [0.717, 1.165) is 6.07 Å². The largest absolute Gasteiger partial charge is 0.462 e. The van der Waals surface area contributed by atoms with Gasteiger partial charge in [-0.3, -0.25) is 4.79 Å². The number of hydrogen-bond donors (Lipinski definition) is 1. The van der Waals surface area contributed by atoms with Gasteiger partial charge in [0.25, 0.3) is 12.0 Å². The molecule has 0 spiro atoms. The van der Waals surface area contributed by atoms with Gasteiger partial charge >= 0.3 is 5.97 Å². The van der Waals surface area contributed by atoms with Crippen LogP contribution >= 0.6 is 0 Å². The molecular weight excluding hydrogens is 220 g/mol. The Morgan fingerprint density at radius 1 is 1.56 bits per heavy atom. The summed E-state index contributed by atoms with van der Waals surface area (Å²) in [6, 6.07) is 1.07. The number of H-pyrrole nitrogens is 1. The Hall–Kier alpha value is -1.72. The van der Waals surface area contributed by atoms with Gasteiger partial charge in [-0.25, -0.2) is 13.6 Å². The standard InChI is InChI=1S/C10H11F2NO3/c1-3-16-10(15)7-6(8(11)12)4-5(2)13-9(7)14/h4,8H,3H2,1-2H3,(H,13,14). The third-order valence-corrected chi connectivity index (χ3v) is 1.91. The number of aromatic nitrogens is 1. The molecule has 88 valence electrons. The fourth-order valence-electron chi connectivity index (χ4n) is 1.30. The van der Waals surface area contributed by atoms with Gasteiger partial charge in [0.15, 0.2) is 0 Å². The van der Waals surface area contributed by atoms with Crippen LogP contribution in [-0.4, -0.2) is 17.6 Å². The molecular formula is C10H11F2NO3. The van der Waals surface area contributed by atoms with Crippen molar-refractivity contribution in [1.29, 1.82) is 0 Å². The first-order valence-corrected chi connectivity index (χ1v) is 4.66. The van der Waals surface area contributed by atoms with Gasteiger partial charge in [-0.1, -0.05) is 0 Å². The highest BCUT2D eigenvalue weighted by Gasteiger charge is 2.23. The van der Waals surface area contributed by atoms with Gasteiger partial charge in [-0.2, -0.15) is 0 Å². The maximum absolute atomic E-state index is 12.6. The molecule has 0 aliphatic heterocycles. The van der Waals surface area contributed by atoms with Gasteiger partial charge in [-0.15, -0.1) is 0 Å². The van der Waals surface area contributed by atoms with Gasteiger partial charge in [0.1, 0.15) is 5.56 Å². The van der Waals surface area contributed by atoms with Crippen LogP contribution in [0.1, 0.15) is 35.0 Å². The van der Waals surface area contributed by atoms with E-state index in [9.17, 15) is 18.4 Å². The van der Waals surface area contributed by atoms with Gasteiger partial charge in [-0.05, 0) is 19.9 Å². The zero-order valence-corrected chi connectivity index (χ0v) is 8.84. The second-order valence-electron chi connectivity index (χ2n) is 3.13. The van der Waals surface area contributed by atoms with Gasteiger partial charge in [0.05, 0.1) is 6.61 Å². The Labute approximate surface area is 90.2 Å². The molecule has 6 heteroatoms. The molecule has 0 bridgehead atoms. The summed E-state index contributed by atoms with van der Waals surface area (Å²) < 4.78 is 29.8. The maximum Gasteiger partial charge on any atom is 0.344 e. The Balaban J connectivity index is 3.35. The van der Waals surface area contributed by atoms with Crippen LogP contribution in [0.3, 0.4) is 0 Å². The first kappa shape index (κ1) is 12.4. The van der Waals surface area contributed by atoms with Crippen LogP contribution in [0.25, 0.3) is 0 Å². The summed E-state index contributed by atoms with van der Waals surface area (Å²) in [7, 11) is 0. The molecule has 0 unspecified atom stereocenters. The van der Waals surface area contributed by atoms with E-state index in [0.29, 0.717) is 0 Å². The fourth-order valence-corrected chi connectivity index (χ4v) is 1.30. The summed E-state index contributed by atoms with van der Waals surface area (Å²) in [5, 5.41) is 0. The molecule has 0 aromatic carbocycles. The second kappa shape index (κ2) is 4.87. The number of carbonyl (C=O) groups excluding carboxylic acids is 1. The van der Waals surface area contributed by atoms with Crippen LogP contribution in [0.5, 0.6) is 0 Å². The maximum atomic E-state index is 12.6. The number of rotatable bonds is 3. The van der Waals surface area contributed by atoms with Crippen molar-refractivity contribution in [1.82, 2.24) is 4.98 Å².